The lowest BCUT2D eigenvalue weighted by Gasteiger charge is -2.28. The minimum atomic E-state index is -0.665. The normalized spacial score (nSPS) is 19.4. The van der Waals surface area contributed by atoms with Gasteiger partial charge in [0.25, 0.3) is 0 Å². The van der Waals surface area contributed by atoms with Gasteiger partial charge in [-0.1, -0.05) is 30.3 Å². The Hall–Kier alpha value is -2.84. The average molecular weight is 334 g/mol. The molecule has 5 heteroatoms. The van der Waals surface area contributed by atoms with Gasteiger partial charge in [0.05, 0.1) is 24.0 Å². The Kier molecular flexibility index (Phi) is 3.47. The molecule has 4 nitrogen and oxygen atoms in total. The minimum Gasteiger partial charge on any atom is -0.496 e. The van der Waals surface area contributed by atoms with Gasteiger partial charge in [0.15, 0.2) is 5.75 Å². The number of para-hydroxylation sites is 1. The molecule has 1 aliphatic heterocycles. The van der Waals surface area contributed by atoms with E-state index < -0.39 is 5.92 Å². The number of nitrogens with zero attached hydrogens (tertiary/aromatic N) is 1. The maximum Gasteiger partial charge on any atom is 0.205 e. The summed E-state index contributed by atoms with van der Waals surface area (Å²) in [6.45, 7) is 0. The van der Waals surface area contributed by atoms with Crippen molar-refractivity contribution in [2.75, 3.05) is 7.11 Å². The van der Waals surface area contributed by atoms with E-state index in [1.54, 1.807) is 18.4 Å². The molecule has 2 heterocycles. The van der Waals surface area contributed by atoms with Crippen molar-refractivity contribution in [1.29, 1.82) is 10.7 Å². The highest BCUT2D eigenvalue weighted by Gasteiger charge is 2.40. The van der Waals surface area contributed by atoms with E-state index in [-0.39, 0.29) is 11.8 Å². The van der Waals surface area contributed by atoms with Crippen LogP contribution < -0.4 is 9.47 Å². The zero-order valence-electron chi connectivity index (χ0n) is 12.9. The zero-order chi connectivity index (χ0) is 16.7. The summed E-state index contributed by atoms with van der Waals surface area (Å²) in [6, 6.07) is 17.9. The monoisotopic (exact) mass is 334 g/mol. The van der Waals surface area contributed by atoms with Crippen LogP contribution >= 0.6 is 11.3 Å². The molecule has 1 N–H and O–H groups in total. The van der Waals surface area contributed by atoms with Crippen LogP contribution in [0.25, 0.3) is 10.1 Å². The van der Waals surface area contributed by atoms with Gasteiger partial charge in [-0.3, -0.25) is 5.41 Å². The van der Waals surface area contributed by atoms with Crippen LogP contribution in [-0.2, 0) is 0 Å². The smallest absolute Gasteiger partial charge is 0.205 e. The fourth-order valence-corrected chi connectivity index (χ4v) is 4.49. The predicted octanol–water partition coefficient (Wildman–Crippen LogP) is 4.55. The van der Waals surface area contributed by atoms with Crippen molar-refractivity contribution in [2.24, 2.45) is 5.92 Å². The molecule has 4 rings (SSSR count). The number of rotatable bonds is 2. The molecule has 0 saturated heterocycles. The first kappa shape index (κ1) is 14.7. The van der Waals surface area contributed by atoms with E-state index in [1.165, 1.54) is 0 Å². The van der Waals surface area contributed by atoms with Crippen LogP contribution in [0.1, 0.15) is 16.4 Å². The fraction of sp³-hybridized carbons (Fsp3) is 0.158. The molecule has 2 atom stereocenters. The van der Waals surface area contributed by atoms with Crippen molar-refractivity contribution in [3.8, 4) is 17.6 Å². The number of methoxy groups -OCH3 is 1. The van der Waals surface area contributed by atoms with Crippen molar-refractivity contribution in [3.05, 3.63) is 59.0 Å². The summed E-state index contributed by atoms with van der Waals surface area (Å²) in [5.74, 6) is 0.481. The molecule has 2 aromatic carbocycles. The first-order chi connectivity index (χ1) is 11.7. The van der Waals surface area contributed by atoms with Crippen LogP contribution in [-0.4, -0.2) is 13.0 Å². The second-order valence-electron chi connectivity index (χ2n) is 5.58. The van der Waals surface area contributed by atoms with E-state index in [1.807, 2.05) is 48.5 Å². The molecule has 1 aliphatic rings. The number of benzene rings is 2. The molecular weight excluding hydrogens is 320 g/mol. The SMILES string of the molecule is COc1ccccc1C1c2sc3ccccc3c2OC(=N)C1C#N. The summed E-state index contributed by atoms with van der Waals surface area (Å²) in [5.41, 5.74) is 0.910. The molecule has 0 bridgehead atoms. The predicted molar refractivity (Wildman–Crippen MR) is 94.1 cm³/mol. The molecule has 1 aromatic heterocycles. The molecule has 0 spiro atoms. The van der Waals surface area contributed by atoms with Gasteiger partial charge < -0.3 is 9.47 Å². The third-order valence-corrected chi connectivity index (χ3v) is 5.53. The zero-order valence-corrected chi connectivity index (χ0v) is 13.8. The van der Waals surface area contributed by atoms with Gasteiger partial charge in [0.2, 0.25) is 5.90 Å². The Balaban J connectivity index is 2.01. The summed E-state index contributed by atoms with van der Waals surface area (Å²) in [4.78, 5) is 0.975. The summed E-state index contributed by atoms with van der Waals surface area (Å²) in [5, 5.41) is 18.9. The number of ether oxygens (including phenoxy) is 2. The number of thiophene rings is 1. The van der Waals surface area contributed by atoms with Crippen LogP contribution in [0.3, 0.4) is 0 Å². The Morgan fingerprint density at radius 3 is 2.71 bits per heavy atom. The van der Waals surface area contributed by atoms with Gasteiger partial charge in [-0.2, -0.15) is 5.26 Å². The van der Waals surface area contributed by atoms with E-state index in [0.29, 0.717) is 5.75 Å². The van der Waals surface area contributed by atoms with Crippen LogP contribution in [0, 0.1) is 22.7 Å². The van der Waals surface area contributed by atoms with Crippen LogP contribution in [0.4, 0.5) is 0 Å². The van der Waals surface area contributed by atoms with Crippen molar-refractivity contribution >= 4 is 27.3 Å². The lowest BCUT2D eigenvalue weighted by atomic mass is 9.83. The van der Waals surface area contributed by atoms with Gasteiger partial charge in [0, 0.05) is 15.6 Å². The number of hydrogen-bond donors (Lipinski definition) is 1. The molecule has 0 amide bonds. The lowest BCUT2D eigenvalue weighted by molar-refractivity contribution is 0.400. The van der Waals surface area contributed by atoms with Crippen LogP contribution in [0.2, 0.25) is 0 Å². The largest absolute Gasteiger partial charge is 0.496 e. The summed E-state index contributed by atoms with van der Waals surface area (Å²) >= 11 is 1.61. The topological polar surface area (TPSA) is 66.1 Å². The molecule has 24 heavy (non-hydrogen) atoms. The molecular formula is C19H14N2O2S. The maximum absolute atomic E-state index is 9.65. The first-order valence-corrected chi connectivity index (χ1v) is 8.36. The number of hydrogen-bond acceptors (Lipinski definition) is 5. The highest BCUT2D eigenvalue weighted by molar-refractivity contribution is 7.19. The summed E-state index contributed by atoms with van der Waals surface area (Å²) < 4.78 is 12.3. The van der Waals surface area contributed by atoms with Crippen LogP contribution in [0.15, 0.2) is 48.5 Å². The Bertz CT molecular complexity index is 986. The van der Waals surface area contributed by atoms with E-state index in [4.69, 9.17) is 14.9 Å². The van der Waals surface area contributed by atoms with Gasteiger partial charge >= 0.3 is 0 Å². The first-order valence-electron chi connectivity index (χ1n) is 7.55. The third-order valence-electron chi connectivity index (χ3n) is 4.30. The second kappa shape index (κ2) is 5.66. The summed E-state index contributed by atoms with van der Waals surface area (Å²) in [6.07, 6.45) is 0. The second-order valence-corrected chi connectivity index (χ2v) is 6.67. The standard InChI is InChI=1S/C19H14N2O2S/c1-22-14-8-4-2-6-11(14)16-13(10-20)19(21)23-17-12-7-3-5-9-15(12)24-18(16)17/h2-9,13,16,21H,1H3. The average Bonchev–Trinajstić information content (AvgIpc) is 2.98. The molecule has 0 aliphatic carbocycles. The van der Waals surface area contributed by atoms with Gasteiger partial charge in [-0.05, 0) is 18.2 Å². The van der Waals surface area contributed by atoms with Crippen molar-refractivity contribution in [2.45, 2.75) is 5.92 Å². The number of fused-ring (bicyclic) bond motifs is 3. The Labute approximate surface area is 143 Å². The van der Waals surface area contributed by atoms with Gasteiger partial charge in [0.1, 0.15) is 11.7 Å². The van der Waals surface area contributed by atoms with Gasteiger partial charge in [-0.25, -0.2) is 0 Å². The Morgan fingerprint density at radius 1 is 1.17 bits per heavy atom. The highest BCUT2D eigenvalue weighted by Crippen LogP contribution is 2.51. The Morgan fingerprint density at radius 2 is 1.92 bits per heavy atom. The molecule has 118 valence electrons. The van der Waals surface area contributed by atoms with E-state index in [0.717, 1.165) is 26.3 Å². The quantitative estimate of drug-likeness (QED) is 0.747. The highest BCUT2D eigenvalue weighted by atomic mass is 32.1. The molecule has 3 aromatic rings. The minimum absolute atomic E-state index is 0.00976. The van der Waals surface area contributed by atoms with E-state index in [9.17, 15) is 5.26 Å². The van der Waals surface area contributed by atoms with Crippen molar-refractivity contribution in [3.63, 3.8) is 0 Å². The van der Waals surface area contributed by atoms with E-state index >= 15 is 0 Å². The third kappa shape index (κ3) is 2.08. The van der Waals surface area contributed by atoms with Crippen molar-refractivity contribution in [1.82, 2.24) is 0 Å². The molecule has 0 saturated carbocycles. The van der Waals surface area contributed by atoms with Gasteiger partial charge in [-0.15, -0.1) is 11.3 Å². The number of nitrogens with one attached hydrogen (secondary N) is 1. The van der Waals surface area contributed by atoms with E-state index in [2.05, 4.69) is 6.07 Å². The maximum atomic E-state index is 9.65. The number of nitriles is 1. The van der Waals surface area contributed by atoms with Crippen LogP contribution in [0.5, 0.6) is 11.5 Å². The molecule has 2 unspecified atom stereocenters. The summed E-state index contributed by atoms with van der Waals surface area (Å²) in [7, 11) is 1.62. The molecule has 0 fully saturated rings. The fourth-order valence-electron chi connectivity index (χ4n) is 3.20. The van der Waals surface area contributed by atoms with Crippen molar-refractivity contribution < 1.29 is 9.47 Å². The lowest BCUT2D eigenvalue weighted by Crippen LogP contribution is -2.30. The molecule has 0 radical (unpaired) electrons.